The topological polar surface area (TPSA) is 98.3 Å². The SMILES string of the molecule is Nc1ccccc1C(=O)Nc1cc([N+](=O)[O-])ccc1Br. The normalized spacial score (nSPS) is 10.1. The number of non-ortho nitro benzene ring substituents is 1. The quantitative estimate of drug-likeness (QED) is 0.511. The Labute approximate surface area is 122 Å². The minimum atomic E-state index is -0.529. The molecule has 0 heterocycles. The standard InChI is InChI=1S/C13H10BrN3O3/c14-10-6-5-8(17(19)20)7-12(10)16-13(18)9-3-1-2-4-11(9)15/h1-7H,15H2,(H,16,18). The van der Waals surface area contributed by atoms with Crippen LogP contribution in [0.3, 0.4) is 0 Å². The average Bonchev–Trinajstić information content (AvgIpc) is 2.41. The molecular formula is C13H10BrN3O3. The van der Waals surface area contributed by atoms with Crippen molar-refractivity contribution in [3.8, 4) is 0 Å². The molecule has 2 aromatic rings. The monoisotopic (exact) mass is 335 g/mol. The van der Waals surface area contributed by atoms with Gasteiger partial charge < -0.3 is 11.1 Å². The van der Waals surface area contributed by atoms with Crippen molar-refractivity contribution in [2.75, 3.05) is 11.1 Å². The molecule has 0 saturated carbocycles. The third kappa shape index (κ3) is 2.94. The fraction of sp³-hybridized carbons (Fsp3) is 0. The number of hydrogen-bond donors (Lipinski definition) is 2. The van der Waals surface area contributed by atoms with Crippen molar-refractivity contribution < 1.29 is 9.72 Å². The molecule has 1 amide bonds. The van der Waals surface area contributed by atoms with Crippen LogP contribution in [0.15, 0.2) is 46.9 Å². The molecule has 0 aliphatic carbocycles. The number of carbonyl (C=O) groups is 1. The molecule has 0 fully saturated rings. The summed E-state index contributed by atoms with van der Waals surface area (Å²) in [5.41, 5.74) is 6.57. The highest BCUT2D eigenvalue weighted by Crippen LogP contribution is 2.27. The molecule has 0 unspecified atom stereocenters. The van der Waals surface area contributed by atoms with Gasteiger partial charge in [-0.15, -0.1) is 0 Å². The molecule has 0 bridgehead atoms. The predicted octanol–water partition coefficient (Wildman–Crippen LogP) is 3.19. The molecule has 0 aromatic heterocycles. The molecule has 20 heavy (non-hydrogen) atoms. The first-order valence-electron chi connectivity index (χ1n) is 5.59. The van der Waals surface area contributed by atoms with Crippen LogP contribution >= 0.6 is 15.9 Å². The average molecular weight is 336 g/mol. The van der Waals surface area contributed by atoms with Crippen LogP contribution in [0.4, 0.5) is 17.1 Å². The fourth-order valence-electron chi connectivity index (χ4n) is 1.62. The molecule has 0 aliphatic heterocycles. The zero-order chi connectivity index (χ0) is 14.7. The summed E-state index contributed by atoms with van der Waals surface area (Å²) >= 11 is 3.23. The first-order chi connectivity index (χ1) is 9.49. The second-order valence-electron chi connectivity index (χ2n) is 3.96. The third-order valence-electron chi connectivity index (χ3n) is 2.61. The van der Waals surface area contributed by atoms with E-state index in [0.717, 1.165) is 0 Å². The molecule has 2 rings (SSSR count). The minimum absolute atomic E-state index is 0.107. The fourth-order valence-corrected chi connectivity index (χ4v) is 1.96. The van der Waals surface area contributed by atoms with E-state index >= 15 is 0 Å². The summed E-state index contributed by atoms with van der Waals surface area (Å²) in [6, 6.07) is 10.7. The van der Waals surface area contributed by atoms with Crippen LogP contribution < -0.4 is 11.1 Å². The third-order valence-corrected chi connectivity index (χ3v) is 3.31. The summed E-state index contributed by atoms with van der Waals surface area (Å²) in [6.07, 6.45) is 0. The number of benzene rings is 2. The summed E-state index contributed by atoms with van der Waals surface area (Å²) < 4.78 is 0.547. The van der Waals surface area contributed by atoms with Crippen molar-refractivity contribution in [1.82, 2.24) is 0 Å². The molecule has 0 aliphatic rings. The maximum absolute atomic E-state index is 12.1. The lowest BCUT2D eigenvalue weighted by atomic mass is 10.1. The molecule has 7 heteroatoms. The van der Waals surface area contributed by atoms with E-state index in [1.54, 1.807) is 24.3 Å². The Bertz CT molecular complexity index is 688. The molecule has 0 radical (unpaired) electrons. The number of nitrogen functional groups attached to an aromatic ring is 1. The smallest absolute Gasteiger partial charge is 0.271 e. The Balaban J connectivity index is 2.30. The zero-order valence-electron chi connectivity index (χ0n) is 10.2. The molecule has 0 saturated heterocycles. The molecule has 2 aromatic carbocycles. The largest absolute Gasteiger partial charge is 0.398 e. The van der Waals surface area contributed by atoms with Gasteiger partial charge in [-0.05, 0) is 34.1 Å². The first-order valence-corrected chi connectivity index (χ1v) is 6.38. The van der Waals surface area contributed by atoms with Crippen LogP contribution in [0.2, 0.25) is 0 Å². The van der Waals surface area contributed by atoms with Crippen molar-refractivity contribution in [2.45, 2.75) is 0 Å². The summed E-state index contributed by atoms with van der Waals surface area (Å²) in [6.45, 7) is 0. The van der Waals surface area contributed by atoms with Gasteiger partial charge in [0.1, 0.15) is 0 Å². The number of nitrogens with zero attached hydrogens (tertiary/aromatic N) is 1. The Morgan fingerprint density at radius 2 is 1.95 bits per heavy atom. The zero-order valence-corrected chi connectivity index (χ0v) is 11.8. The van der Waals surface area contributed by atoms with E-state index in [1.165, 1.54) is 18.2 Å². The molecule has 0 spiro atoms. The van der Waals surface area contributed by atoms with Crippen LogP contribution in [0, 0.1) is 10.1 Å². The minimum Gasteiger partial charge on any atom is -0.398 e. The summed E-state index contributed by atoms with van der Waals surface area (Å²) in [5.74, 6) is -0.427. The second kappa shape index (κ2) is 5.70. The number of hydrogen-bond acceptors (Lipinski definition) is 4. The van der Waals surface area contributed by atoms with Crippen LogP contribution in [0.25, 0.3) is 0 Å². The Morgan fingerprint density at radius 3 is 2.60 bits per heavy atom. The molecule has 3 N–H and O–H groups in total. The summed E-state index contributed by atoms with van der Waals surface area (Å²) in [7, 11) is 0. The maximum Gasteiger partial charge on any atom is 0.271 e. The number of anilines is 2. The Kier molecular flexibility index (Phi) is 3.99. The molecular weight excluding hydrogens is 326 g/mol. The first kappa shape index (κ1) is 14.0. The molecule has 0 atom stereocenters. The lowest BCUT2D eigenvalue weighted by molar-refractivity contribution is -0.384. The van der Waals surface area contributed by atoms with Gasteiger partial charge >= 0.3 is 0 Å². The van der Waals surface area contributed by atoms with Gasteiger partial charge in [-0.3, -0.25) is 14.9 Å². The Hall–Kier alpha value is -2.41. The Morgan fingerprint density at radius 1 is 1.25 bits per heavy atom. The van der Waals surface area contributed by atoms with Gasteiger partial charge in [0.25, 0.3) is 11.6 Å². The number of nitrogens with two attached hydrogens (primary N) is 1. The van der Waals surface area contributed by atoms with Gasteiger partial charge in [-0.1, -0.05) is 12.1 Å². The van der Waals surface area contributed by atoms with E-state index in [9.17, 15) is 14.9 Å². The van der Waals surface area contributed by atoms with E-state index < -0.39 is 10.8 Å². The van der Waals surface area contributed by atoms with Crippen LogP contribution in [-0.4, -0.2) is 10.8 Å². The maximum atomic E-state index is 12.1. The van der Waals surface area contributed by atoms with Crippen LogP contribution in [0.5, 0.6) is 0 Å². The van der Waals surface area contributed by atoms with Gasteiger partial charge in [-0.25, -0.2) is 0 Å². The van der Waals surface area contributed by atoms with E-state index in [4.69, 9.17) is 5.73 Å². The lowest BCUT2D eigenvalue weighted by Gasteiger charge is -2.08. The van der Waals surface area contributed by atoms with E-state index in [0.29, 0.717) is 21.4 Å². The molecule has 6 nitrogen and oxygen atoms in total. The number of amides is 1. The number of para-hydroxylation sites is 1. The predicted molar refractivity (Wildman–Crippen MR) is 79.6 cm³/mol. The van der Waals surface area contributed by atoms with Crippen molar-refractivity contribution in [3.05, 3.63) is 62.6 Å². The summed E-state index contributed by atoms with van der Waals surface area (Å²) in [4.78, 5) is 22.3. The van der Waals surface area contributed by atoms with Crippen LogP contribution in [0.1, 0.15) is 10.4 Å². The van der Waals surface area contributed by atoms with Crippen LogP contribution in [-0.2, 0) is 0 Å². The highest BCUT2D eigenvalue weighted by molar-refractivity contribution is 9.10. The lowest BCUT2D eigenvalue weighted by Crippen LogP contribution is -2.14. The highest BCUT2D eigenvalue weighted by atomic mass is 79.9. The second-order valence-corrected chi connectivity index (χ2v) is 4.82. The number of rotatable bonds is 3. The number of carbonyl (C=O) groups excluding carboxylic acids is 1. The number of halogens is 1. The van der Waals surface area contributed by atoms with E-state index in [-0.39, 0.29) is 5.69 Å². The van der Waals surface area contributed by atoms with E-state index in [1.807, 2.05) is 0 Å². The van der Waals surface area contributed by atoms with Gasteiger partial charge in [-0.2, -0.15) is 0 Å². The van der Waals surface area contributed by atoms with Gasteiger partial charge in [0.05, 0.1) is 16.2 Å². The van der Waals surface area contributed by atoms with Crippen molar-refractivity contribution in [1.29, 1.82) is 0 Å². The number of nitro benzene ring substituents is 1. The van der Waals surface area contributed by atoms with Gasteiger partial charge in [0, 0.05) is 22.3 Å². The van der Waals surface area contributed by atoms with Gasteiger partial charge in [0.2, 0.25) is 0 Å². The number of nitro groups is 1. The van der Waals surface area contributed by atoms with Crippen molar-refractivity contribution in [3.63, 3.8) is 0 Å². The van der Waals surface area contributed by atoms with Gasteiger partial charge in [0.15, 0.2) is 0 Å². The van der Waals surface area contributed by atoms with Crippen molar-refractivity contribution >= 4 is 38.9 Å². The highest BCUT2D eigenvalue weighted by Gasteiger charge is 2.14. The number of nitrogens with one attached hydrogen (secondary N) is 1. The van der Waals surface area contributed by atoms with Crippen molar-refractivity contribution in [2.24, 2.45) is 0 Å². The summed E-state index contributed by atoms with van der Waals surface area (Å²) in [5, 5.41) is 13.3. The van der Waals surface area contributed by atoms with E-state index in [2.05, 4.69) is 21.2 Å². The molecule has 102 valence electrons.